The first-order chi connectivity index (χ1) is 14.5. The molecule has 1 amide bonds. The van der Waals surface area contributed by atoms with Crippen molar-refractivity contribution in [2.24, 2.45) is 0 Å². The second-order valence-corrected chi connectivity index (χ2v) is 8.17. The number of aromatic amines is 1. The molecular weight excluding hydrogens is 423 g/mol. The second kappa shape index (κ2) is 7.11. The largest absolute Gasteiger partial charge is 0.507 e. The minimum absolute atomic E-state index is 0.0559. The Morgan fingerprint density at radius 2 is 2.03 bits per heavy atom. The van der Waals surface area contributed by atoms with Crippen LogP contribution in [-0.2, 0) is 0 Å². The van der Waals surface area contributed by atoms with Gasteiger partial charge in [-0.15, -0.1) is 11.6 Å². The standard InChI is InChI=1S/C23H18Cl2N2O3/c1-30-15-4-5-16-17(8-15)22-13(10-24)11-27(20(22)9-21(16)28)23(29)19-6-12-2-3-14(25)7-18(12)26-19/h2-9,13,26,28H,10-11H2,1H3/t13-/m1/s1. The van der Waals surface area contributed by atoms with E-state index in [-0.39, 0.29) is 17.6 Å². The van der Waals surface area contributed by atoms with Gasteiger partial charge in [-0.05, 0) is 47.3 Å². The average molecular weight is 441 g/mol. The predicted molar refractivity (Wildman–Crippen MR) is 121 cm³/mol. The summed E-state index contributed by atoms with van der Waals surface area (Å²) in [6, 6.07) is 14.4. The molecule has 0 spiro atoms. The zero-order valence-corrected chi connectivity index (χ0v) is 17.6. The molecule has 0 saturated carbocycles. The van der Waals surface area contributed by atoms with Crippen LogP contribution in [0.2, 0.25) is 5.02 Å². The van der Waals surface area contributed by atoms with Gasteiger partial charge in [-0.3, -0.25) is 4.79 Å². The van der Waals surface area contributed by atoms with E-state index < -0.39 is 0 Å². The molecule has 1 atom stereocenters. The number of fused-ring (bicyclic) bond motifs is 4. The van der Waals surface area contributed by atoms with Crippen molar-refractivity contribution in [1.29, 1.82) is 0 Å². The van der Waals surface area contributed by atoms with Crippen LogP contribution in [-0.4, -0.2) is 35.5 Å². The highest BCUT2D eigenvalue weighted by Gasteiger charge is 2.35. The SMILES string of the molecule is COc1ccc2c(O)cc3c(c2c1)[C@H](CCl)CN3C(=O)c1cc2ccc(Cl)cc2[nH]1. The van der Waals surface area contributed by atoms with Gasteiger partial charge in [0.25, 0.3) is 5.91 Å². The molecule has 0 fully saturated rings. The van der Waals surface area contributed by atoms with Crippen LogP contribution < -0.4 is 9.64 Å². The average Bonchev–Trinajstić information content (AvgIpc) is 3.34. The molecule has 2 heterocycles. The van der Waals surface area contributed by atoms with Crippen molar-refractivity contribution in [1.82, 2.24) is 4.98 Å². The summed E-state index contributed by atoms with van der Waals surface area (Å²) in [5.41, 5.74) is 2.87. The van der Waals surface area contributed by atoms with Crippen LogP contribution in [0.5, 0.6) is 11.5 Å². The van der Waals surface area contributed by atoms with Crippen LogP contribution in [0.25, 0.3) is 21.7 Å². The number of phenols is 1. The number of alkyl halides is 1. The molecule has 4 aromatic rings. The fourth-order valence-corrected chi connectivity index (χ4v) is 4.68. The van der Waals surface area contributed by atoms with Crippen LogP contribution >= 0.6 is 23.2 Å². The van der Waals surface area contributed by atoms with Crippen molar-refractivity contribution in [3.05, 3.63) is 64.8 Å². The summed E-state index contributed by atoms with van der Waals surface area (Å²) < 4.78 is 5.37. The fraction of sp³-hybridized carbons (Fsp3) is 0.174. The Bertz CT molecular complexity index is 1320. The van der Waals surface area contributed by atoms with Gasteiger partial charge in [-0.25, -0.2) is 0 Å². The van der Waals surface area contributed by atoms with Crippen molar-refractivity contribution in [3.63, 3.8) is 0 Å². The summed E-state index contributed by atoms with van der Waals surface area (Å²) in [4.78, 5) is 18.2. The number of rotatable bonds is 3. The summed E-state index contributed by atoms with van der Waals surface area (Å²) in [5, 5.41) is 13.7. The first kappa shape index (κ1) is 19.1. The van der Waals surface area contributed by atoms with Crippen molar-refractivity contribution in [2.75, 3.05) is 24.4 Å². The van der Waals surface area contributed by atoms with E-state index in [0.29, 0.717) is 40.0 Å². The number of nitrogens with one attached hydrogen (secondary N) is 1. The highest BCUT2D eigenvalue weighted by atomic mass is 35.5. The highest BCUT2D eigenvalue weighted by Crippen LogP contribution is 2.46. The minimum atomic E-state index is -0.183. The van der Waals surface area contributed by atoms with Gasteiger partial charge < -0.3 is 19.7 Å². The molecule has 0 saturated heterocycles. The number of benzene rings is 3. The van der Waals surface area contributed by atoms with E-state index in [9.17, 15) is 9.90 Å². The maximum atomic E-state index is 13.4. The molecule has 5 nitrogen and oxygen atoms in total. The predicted octanol–water partition coefficient (Wildman–Crippen LogP) is 5.67. The molecule has 0 radical (unpaired) electrons. The number of carbonyl (C=O) groups excluding carboxylic acids is 1. The van der Waals surface area contributed by atoms with E-state index >= 15 is 0 Å². The zero-order valence-electron chi connectivity index (χ0n) is 16.1. The summed E-state index contributed by atoms with van der Waals surface area (Å²) in [6.07, 6.45) is 0. The first-order valence-electron chi connectivity index (χ1n) is 9.50. The lowest BCUT2D eigenvalue weighted by Gasteiger charge is -2.17. The normalized spacial score (nSPS) is 15.7. The van der Waals surface area contributed by atoms with E-state index in [1.165, 1.54) is 0 Å². The first-order valence-corrected chi connectivity index (χ1v) is 10.4. The number of methoxy groups -OCH3 is 1. The molecule has 0 aliphatic carbocycles. The zero-order chi connectivity index (χ0) is 21.0. The Balaban J connectivity index is 1.65. The molecule has 0 bridgehead atoms. The monoisotopic (exact) mass is 440 g/mol. The third kappa shape index (κ3) is 2.89. The Kier molecular flexibility index (Phi) is 4.53. The number of hydrogen-bond acceptors (Lipinski definition) is 3. The van der Waals surface area contributed by atoms with Crippen LogP contribution in [0.4, 0.5) is 5.69 Å². The second-order valence-electron chi connectivity index (χ2n) is 7.42. The number of amides is 1. The molecule has 152 valence electrons. The summed E-state index contributed by atoms with van der Waals surface area (Å²) in [5.74, 6) is 0.914. The van der Waals surface area contributed by atoms with Gasteiger partial charge in [0.15, 0.2) is 0 Å². The third-order valence-electron chi connectivity index (χ3n) is 5.69. The van der Waals surface area contributed by atoms with Crippen molar-refractivity contribution < 1.29 is 14.6 Å². The van der Waals surface area contributed by atoms with E-state index in [4.69, 9.17) is 27.9 Å². The molecule has 3 aromatic carbocycles. The Labute approximate surface area is 182 Å². The number of aromatic nitrogens is 1. The van der Waals surface area contributed by atoms with Crippen LogP contribution in [0.3, 0.4) is 0 Å². The number of halogens is 2. The highest BCUT2D eigenvalue weighted by molar-refractivity contribution is 6.31. The van der Waals surface area contributed by atoms with Crippen molar-refractivity contribution in [3.8, 4) is 11.5 Å². The summed E-state index contributed by atoms with van der Waals surface area (Å²) >= 11 is 12.4. The van der Waals surface area contributed by atoms with E-state index in [1.54, 1.807) is 36.3 Å². The number of hydrogen-bond donors (Lipinski definition) is 2. The van der Waals surface area contributed by atoms with E-state index in [2.05, 4.69) is 4.98 Å². The lowest BCUT2D eigenvalue weighted by molar-refractivity contribution is 0.0984. The maximum absolute atomic E-state index is 13.4. The molecule has 1 aliphatic heterocycles. The molecule has 7 heteroatoms. The van der Waals surface area contributed by atoms with Crippen molar-refractivity contribution in [2.45, 2.75) is 5.92 Å². The van der Waals surface area contributed by atoms with Crippen molar-refractivity contribution >= 4 is 56.5 Å². The molecule has 0 unspecified atom stereocenters. The fourth-order valence-electron chi connectivity index (χ4n) is 4.26. The van der Waals surface area contributed by atoms with Crippen LogP contribution in [0.1, 0.15) is 22.0 Å². The Morgan fingerprint density at radius 1 is 1.20 bits per heavy atom. The molecule has 1 aromatic heterocycles. The Morgan fingerprint density at radius 3 is 2.80 bits per heavy atom. The molecule has 2 N–H and O–H groups in total. The van der Waals surface area contributed by atoms with Crippen LogP contribution in [0.15, 0.2) is 48.5 Å². The topological polar surface area (TPSA) is 65.6 Å². The lowest BCUT2D eigenvalue weighted by atomic mass is 9.95. The van der Waals surface area contributed by atoms with E-state index in [0.717, 1.165) is 21.9 Å². The number of anilines is 1. The van der Waals surface area contributed by atoms with Gasteiger partial charge in [0.2, 0.25) is 0 Å². The van der Waals surface area contributed by atoms with Gasteiger partial charge in [-0.1, -0.05) is 17.7 Å². The third-order valence-corrected chi connectivity index (χ3v) is 6.30. The molecule has 30 heavy (non-hydrogen) atoms. The Hall–Kier alpha value is -2.89. The number of phenolic OH excluding ortho intramolecular Hbond substituents is 1. The van der Waals surface area contributed by atoms with Gasteiger partial charge in [0.05, 0.1) is 12.8 Å². The van der Waals surface area contributed by atoms with Gasteiger partial charge >= 0.3 is 0 Å². The number of aromatic hydroxyl groups is 1. The number of ether oxygens (including phenoxy) is 1. The summed E-state index contributed by atoms with van der Waals surface area (Å²) in [6.45, 7) is 0.434. The molecule has 1 aliphatic rings. The van der Waals surface area contributed by atoms with E-state index in [1.807, 2.05) is 24.3 Å². The maximum Gasteiger partial charge on any atom is 0.274 e. The quantitative estimate of drug-likeness (QED) is 0.403. The lowest BCUT2D eigenvalue weighted by Crippen LogP contribution is -2.30. The molecule has 5 rings (SSSR count). The van der Waals surface area contributed by atoms with Gasteiger partial charge in [0.1, 0.15) is 17.2 Å². The molecular formula is C23H18Cl2N2O3. The van der Waals surface area contributed by atoms with Crippen LogP contribution in [0, 0.1) is 0 Å². The van der Waals surface area contributed by atoms with Gasteiger partial charge in [-0.2, -0.15) is 0 Å². The summed E-state index contributed by atoms with van der Waals surface area (Å²) in [7, 11) is 1.60. The van der Waals surface area contributed by atoms with Gasteiger partial charge in [0, 0.05) is 45.7 Å². The number of nitrogens with zero attached hydrogens (tertiary/aromatic N) is 1. The number of H-pyrrole nitrogens is 1. The number of carbonyl (C=O) groups is 1. The minimum Gasteiger partial charge on any atom is -0.507 e. The smallest absolute Gasteiger partial charge is 0.274 e.